The van der Waals surface area contributed by atoms with E-state index in [-0.39, 0.29) is 0 Å². The second-order valence-electron chi connectivity index (χ2n) is 2.85. The molecule has 0 fully saturated rings. The summed E-state index contributed by atoms with van der Waals surface area (Å²) in [5.74, 6) is 0. The average molecular weight is 320 g/mol. The van der Waals surface area contributed by atoms with Crippen LogP contribution in [0.5, 0.6) is 0 Å². The molecule has 0 aliphatic heterocycles. The summed E-state index contributed by atoms with van der Waals surface area (Å²) in [4.78, 5) is 2.79. The Morgan fingerprint density at radius 2 is 2.15 bits per heavy atom. The fourth-order valence-electron chi connectivity index (χ4n) is 1.35. The van der Waals surface area contributed by atoms with Gasteiger partial charge in [0.05, 0.1) is 0 Å². The van der Waals surface area contributed by atoms with Crippen molar-refractivity contribution in [2.75, 3.05) is 6.26 Å². The molecule has 0 nitrogen and oxygen atoms in total. The Hall–Kier alpha value is 0.260. The molecule has 0 atom stereocenters. The Bertz CT molecular complexity index is 445. The van der Waals surface area contributed by atoms with E-state index in [9.17, 15) is 0 Å². The van der Waals surface area contributed by atoms with Crippen LogP contribution in [0.2, 0.25) is 0 Å². The third-order valence-electron chi connectivity index (χ3n) is 1.94. The Balaban J connectivity index is 2.83. The van der Waals surface area contributed by atoms with Gasteiger partial charge in [0.1, 0.15) is 0 Å². The van der Waals surface area contributed by atoms with Gasteiger partial charge in [-0.15, -0.1) is 23.1 Å². The van der Waals surface area contributed by atoms with Gasteiger partial charge in [0.2, 0.25) is 0 Å². The molecule has 0 unspecified atom stereocenters. The first-order valence-corrected chi connectivity index (χ1v) is 7.07. The summed E-state index contributed by atoms with van der Waals surface area (Å²) in [7, 11) is 0. The number of benzene rings is 1. The second kappa shape index (κ2) is 3.79. The summed E-state index contributed by atoms with van der Waals surface area (Å²) in [5, 5.41) is 1.41. The van der Waals surface area contributed by atoms with E-state index < -0.39 is 0 Å². The highest BCUT2D eigenvalue weighted by molar-refractivity contribution is 14.1. The zero-order chi connectivity index (χ0) is 9.42. The van der Waals surface area contributed by atoms with Crippen LogP contribution in [-0.2, 0) is 0 Å². The van der Waals surface area contributed by atoms with Crippen LogP contribution in [0.3, 0.4) is 0 Å². The summed E-state index contributed by atoms with van der Waals surface area (Å²) in [5.41, 5.74) is 0. The number of hydrogen-bond donors (Lipinski definition) is 0. The van der Waals surface area contributed by atoms with Crippen LogP contribution in [0.15, 0.2) is 23.1 Å². The Labute approximate surface area is 99.9 Å². The Morgan fingerprint density at radius 3 is 2.85 bits per heavy atom. The van der Waals surface area contributed by atoms with Gasteiger partial charge < -0.3 is 0 Å². The molecule has 0 aliphatic carbocycles. The number of fused-ring (bicyclic) bond motifs is 1. The summed E-state index contributed by atoms with van der Waals surface area (Å²) >= 11 is 6.12. The van der Waals surface area contributed by atoms with Gasteiger partial charge in [-0.2, -0.15) is 0 Å². The average Bonchev–Trinajstić information content (AvgIpc) is 2.48. The van der Waals surface area contributed by atoms with Crippen molar-refractivity contribution in [1.29, 1.82) is 0 Å². The lowest BCUT2D eigenvalue weighted by atomic mass is 10.2. The van der Waals surface area contributed by atoms with Gasteiger partial charge in [0, 0.05) is 23.4 Å². The van der Waals surface area contributed by atoms with Gasteiger partial charge in [-0.25, -0.2) is 0 Å². The minimum Gasteiger partial charge on any atom is -0.139 e. The molecule has 0 aliphatic rings. The molecule has 0 saturated heterocycles. The van der Waals surface area contributed by atoms with Gasteiger partial charge in [0.25, 0.3) is 0 Å². The number of thiophene rings is 1. The first-order valence-electron chi connectivity index (χ1n) is 3.95. The number of halogens is 1. The topological polar surface area (TPSA) is 0 Å². The van der Waals surface area contributed by atoms with Crippen LogP contribution in [-0.4, -0.2) is 6.26 Å². The van der Waals surface area contributed by atoms with Crippen molar-refractivity contribution in [3.05, 3.63) is 26.6 Å². The molecule has 2 rings (SSSR count). The highest BCUT2D eigenvalue weighted by Crippen LogP contribution is 2.35. The van der Waals surface area contributed by atoms with E-state index in [4.69, 9.17) is 0 Å². The number of aryl methyl sites for hydroxylation is 1. The molecule has 0 amide bonds. The van der Waals surface area contributed by atoms with E-state index in [0.29, 0.717) is 0 Å². The van der Waals surface area contributed by atoms with E-state index in [1.54, 1.807) is 0 Å². The van der Waals surface area contributed by atoms with Crippen molar-refractivity contribution in [3.63, 3.8) is 0 Å². The van der Waals surface area contributed by atoms with Crippen molar-refractivity contribution in [3.8, 4) is 0 Å². The van der Waals surface area contributed by atoms with Crippen LogP contribution in [0.4, 0.5) is 0 Å². The van der Waals surface area contributed by atoms with E-state index in [1.165, 1.54) is 23.4 Å². The molecule has 0 saturated carbocycles. The van der Waals surface area contributed by atoms with Gasteiger partial charge in [-0.05, 0) is 54.0 Å². The monoisotopic (exact) mass is 320 g/mol. The smallest absolute Gasteiger partial charge is 0.0491 e. The minimum atomic E-state index is 1.36. The van der Waals surface area contributed by atoms with Gasteiger partial charge >= 0.3 is 0 Å². The standard InChI is InChI=1S/C10H9IS2/c1-6-5-7-8(11)3-4-9(12-2)10(7)13-6/h3-5H,1-2H3. The third kappa shape index (κ3) is 1.74. The van der Waals surface area contributed by atoms with Gasteiger partial charge in [-0.1, -0.05) is 0 Å². The predicted octanol–water partition coefficient (Wildman–Crippen LogP) is 4.54. The van der Waals surface area contributed by atoms with Crippen molar-refractivity contribution in [2.24, 2.45) is 0 Å². The molecule has 68 valence electrons. The van der Waals surface area contributed by atoms with E-state index in [1.807, 2.05) is 23.1 Å². The second-order valence-corrected chi connectivity index (χ2v) is 6.12. The fraction of sp³-hybridized carbons (Fsp3) is 0.200. The predicted molar refractivity (Wildman–Crippen MR) is 71.1 cm³/mol. The quantitative estimate of drug-likeness (QED) is 0.549. The van der Waals surface area contributed by atoms with Crippen molar-refractivity contribution in [1.82, 2.24) is 0 Å². The number of hydrogen-bond acceptors (Lipinski definition) is 2. The molecule has 2 aromatic rings. The molecule has 13 heavy (non-hydrogen) atoms. The molecule has 3 heteroatoms. The van der Waals surface area contributed by atoms with Gasteiger partial charge in [-0.3, -0.25) is 0 Å². The van der Waals surface area contributed by atoms with Crippen molar-refractivity contribution in [2.45, 2.75) is 11.8 Å². The first-order chi connectivity index (χ1) is 6.22. The molecule has 1 aromatic carbocycles. The lowest BCUT2D eigenvalue weighted by molar-refractivity contribution is 1.57. The zero-order valence-corrected chi connectivity index (χ0v) is 11.2. The maximum Gasteiger partial charge on any atom is 0.0491 e. The van der Waals surface area contributed by atoms with E-state index in [0.717, 1.165) is 0 Å². The summed E-state index contributed by atoms with van der Waals surface area (Å²) in [6.45, 7) is 2.17. The molecule has 0 radical (unpaired) electrons. The summed E-state index contributed by atoms with van der Waals surface area (Å²) in [6.07, 6.45) is 2.14. The number of thioether (sulfide) groups is 1. The largest absolute Gasteiger partial charge is 0.139 e. The van der Waals surface area contributed by atoms with Crippen molar-refractivity contribution >= 4 is 55.8 Å². The Morgan fingerprint density at radius 1 is 1.38 bits per heavy atom. The van der Waals surface area contributed by atoms with Crippen LogP contribution in [0.25, 0.3) is 10.1 Å². The van der Waals surface area contributed by atoms with Crippen LogP contribution >= 0.6 is 45.7 Å². The van der Waals surface area contributed by atoms with Crippen molar-refractivity contribution < 1.29 is 0 Å². The van der Waals surface area contributed by atoms with Crippen LogP contribution < -0.4 is 0 Å². The molecule has 1 heterocycles. The van der Waals surface area contributed by atoms with E-state index in [2.05, 4.69) is 54.0 Å². The fourth-order valence-corrected chi connectivity index (χ4v) is 3.96. The highest BCUT2D eigenvalue weighted by Gasteiger charge is 2.06. The summed E-state index contributed by atoms with van der Waals surface area (Å²) < 4.78 is 2.80. The lowest BCUT2D eigenvalue weighted by Crippen LogP contribution is -1.74. The maximum absolute atomic E-state index is 2.40. The lowest BCUT2D eigenvalue weighted by Gasteiger charge is -1.99. The zero-order valence-electron chi connectivity index (χ0n) is 7.43. The number of rotatable bonds is 1. The normalized spacial score (nSPS) is 11.0. The summed E-state index contributed by atoms with van der Waals surface area (Å²) in [6, 6.07) is 6.69. The molecule has 1 aromatic heterocycles. The maximum atomic E-state index is 2.40. The molecular weight excluding hydrogens is 311 g/mol. The highest BCUT2D eigenvalue weighted by atomic mass is 127. The van der Waals surface area contributed by atoms with E-state index >= 15 is 0 Å². The molecule has 0 spiro atoms. The molecular formula is C10H9IS2. The van der Waals surface area contributed by atoms with Crippen LogP contribution in [0.1, 0.15) is 4.88 Å². The Kier molecular flexibility index (Phi) is 2.86. The molecule has 0 N–H and O–H groups in total. The molecule has 0 bridgehead atoms. The SMILES string of the molecule is CSc1ccc(I)c2cc(C)sc12. The van der Waals surface area contributed by atoms with Gasteiger partial charge in [0.15, 0.2) is 0 Å². The first kappa shape index (κ1) is 9.80. The van der Waals surface area contributed by atoms with Crippen LogP contribution in [0, 0.1) is 10.5 Å². The third-order valence-corrected chi connectivity index (χ3v) is 4.87. The minimum absolute atomic E-state index is 1.36.